The number of benzene rings is 1. The number of nitrogens with zero attached hydrogens (tertiary/aromatic N) is 3. The lowest BCUT2D eigenvalue weighted by atomic mass is 10.2. The molecule has 0 aliphatic heterocycles. The molecule has 0 aliphatic carbocycles. The van der Waals surface area contributed by atoms with Crippen LogP contribution in [0.15, 0.2) is 30.3 Å². The number of ether oxygens (including phenoxy) is 2. The molecule has 0 bridgehead atoms. The number of rotatable bonds is 8. The SMILES string of the molecule is C#Cc1ccc(N(CC)C(=O)Nc2nc(COCC(F)(F)F)cc(OCC(F)(F)F)n2)cc1. The van der Waals surface area contributed by atoms with Gasteiger partial charge in [0, 0.05) is 23.9 Å². The zero-order valence-corrected chi connectivity index (χ0v) is 17.1. The van der Waals surface area contributed by atoms with Gasteiger partial charge in [0.15, 0.2) is 6.61 Å². The number of hydrogen-bond acceptors (Lipinski definition) is 5. The Morgan fingerprint density at radius 1 is 1.09 bits per heavy atom. The maximum absolute atomic E-state index is 12.7. The number of amides is 2. The van der Waals surface area contributed by atoms with Gasteiger partial charge in [0.25, 0.3) is 0 Å². The van der Waals surface area contributed by atoms with Gasteiger partial charge in [-0.05, 0) is 31.2 Å². The highest BCUT2D eigenvalue weighted by Gasteiger charge is 2.29. The third-order valence-corrected chi connectivity index (χ3v) is 3.78. The highest BCUT2D eigenvalue weighted by molar-refractivity contribution is 6.00. The fraction of sp³-hybridized carbons (Fsp3) is 0.350. The number of carbonyl (C=O) groups excluding carboxylic acids is 1. The van der Waals surface area contributed by atoms with E-state index in [1.54, 1.807) is 31.2 Å². The fourth-order valence-corrected chi connectivity index (χ4v) is 2.45. The molecule has 0 fully saturated rings. The standard InChI is InChI=1S/C20H18F6N4O3/c1-3-13-5-7-15(8-6-13)30(4-2)18(31)29-17-27-14(10-32-11-19(21,22)23)9-16(28-17)33-12-20(24,25)26/h1,5-9H,4,10-12H2,2H3,(H,27,28,29,31). The lowest BCUT2D eigenvalue weighted by Gasteiger charge is -2.21. The summed E-state index contributed by atoms with van der Waals surface area (Å²) < 4.78 is 83.3. The monoisotopic (exact) mass is 476 g/mol. The van der Waals surface area contributed by atoms with Crippen molar-refractivity contribution in [2.24, 2.45) is 0 Å². The molecule has 178 valence electrons. The Morgan fingerprint density at radius 2 is 1.73 bits per heavy atom. The maximum Gasteiger partial charge on any atom is 0.422 e. The molecular formula is C20H18F6N4O3. The number of alkyl halides is 6. The second kappa shape index (κ2) is 10.9. The smallest absolute Gasteiger partial charge is 0.422 e. The Morgan fingerprint density at radius 3 is 2.27 bits per heavy atom. The molecule has 0 aliphatic rings. The number of halogens is 6. The van der Waals surface area contributed by atoms with Crippen LogP contribution in [0.3, 0.4) is 0 Å². The lowest BCUT2D eigenvalue weighted by Crippen LogP contribution is -2.35. The van der Waals surface area contributed by atoms with Crippen LogP contribution in [0.5, 0.6) is 5.88 Å². The fourth-order valence-electron chi connectivity index (χ4n) is 2.45. The molecule has 7 nitrogen and oxygen atoms in total. The zero-order chi connectivity index (χ0) is 24.6. The predicted octanol–water partition coefficient (Wildman–Crippen LogP) is 4.54. The third-order valence-electron chi connectivity index (χ3n) is 3.78. The van der Waals surface area contributed by atoms with Crippen molar-refractivity contribution in [2.45, 2.75) is 25.9 Å². The molecule has 13 heteroatoms. The van der Waals surface area contributed by atoms with Crippen LogP contribution in [0.4, 0.5) is 42.8 Å². The highest BCUT2D eigenvalue weighted by Crippen LogP contribution is 2.21. The van der Waals surface area contributed by atoms with E-state index in [-0.39, 0.29) is 12.2 Å². The van der Waals surface area contributed by atoms with Crippen LogP contribution < -0.4 is 15.0 Å². The largest absolute Gasteiger partial charge is 0.468 e. The van der Waals surface area contributed by atoms with Crippen LogP contribution >= 0.6 is 0 Å². The number of carbonyl (C=O) groups is 1. The Balaban J connectivity index is 2.22. The predicted molar refractivity (Wildman–Crippen MR) is 106 cm³/mol. The minimum atomic E-state index is -4.69. The number of hydrogen-bond donors (Lipinski definition) is 1. The summed E-state index contributed by atoms with van der Waals surface area (Å²) in [6.07, 6.45) is -4.01. The average Bonchev–Trinajstić information content (AvgIpc) is 2.72. The molecule has 33 heavy (non-hydrogen) atoms. The van der Waals surface area contributed by atoms with Crippen molar-refractivity contribution in [1.29, 1.82) is 0 Å². The van der Waals surface area contributed by atoms with E-state index in [0.717, 1.165) is 6.07 Å². The second-order valence-corrected chi connectivity index (χ2v) is 6.40. The molecule has 2 rings (SSSR count). The van der Waals surface area contributed by atoms with E-state index in [1.807, 2.05) is 0 Å². The first-order chi connectivity index (χ1) is 15.4. The van der Waals surface area contributed by atoms with Crippen LogP contribution in [-0.2, 0) is 11.3 Å². The van der Waals surface area contributed by atoms with Gasteiger partial charge >= 0.3 is 18.4 Å². The Kier molecular flexibility index (Phi) is 8.47. The lowest BCUT2D eigenvalue weighted by molar-refractivity contribution is -0.176. The van der Waals surface area contributed by atoms with E-state index < -0.39 is 50.0 Å². The highest BCUT2D eigenvalue weighted by atomic mass is 19.4. The third kappa shape index (κ3) is 8.85. The van der Waals surface area contributed by atoms with Gasteiger partial charge in [-0.3, -0.25) is 10.2 Å². The minimum Gasteiger partial charge on any atom is -0.468 e. The van der Waals surface area contributed by atoms with Crippen molar-refractivity contribution in [3.05, 3.63) is 41.6 Å². The molecule has 0 radical (unpaired) electrons. The first kappa shape index (κ1) is 25.7. The van der Waals surface area contributed by atoms with E-state index in [0.29, 0.717) is 11.3 Å². The molecule has 1 N–H and O–H groups in total. The molecular weight excluding hydrogens is 458 g/mol. The van der Waals surface area contributed by atoms with Gasteiger partial charge in [-0.2, -0.15) is 31.3 Å². The maximum atomic E-state index is 12.7. The summed E-state index contributed by atoms with van der Waals surface area (Å²) in [4.78, 5) is 21.4. The number of nitrogens with one attached hydrogen (secondary N) is 1. The topological polar surface area (TPSA) is 76.6 Å². The van der Waals surface area contributed by atoms with Crippen LogP contribution in [0.25, 0.3) is 0 Å². The van der Waals surface area contributed by atoms with E-state index in [9.17, 15) is 31.1 Å². The summed E-state index contributed by atoms with van der Waals surface area (Å²) in [5.74, 6) is 1.34. The molecule has 1 heterocycles. The minimum absolute atomic E-state index is 0.188. The number of aromatic nitrogens is 2. The quantitative estimate of drug-likeness (QED) is 0.448. The molecule has 0 spiro atoms. The molecule has 2 aromatic rings. The Labute approximate surface area is 184 Å². The van der Waals surface area contributed by atoms with Crippen molar-refractivity contribution in [3.63, 3.8) is 0 Å². The van der Waals surface area contributed by atoms with Crippen molar-refractivity contribution in [2.75, 3.05) is 30.0 Å². The number of anilines is 2. The Hall–Kier alpha value is -3.53. The van der Waals surface area contributed by atoms with Gasteiger partial charge in [-0.1, -0.05) is 5.92 Å². The zero-order valence-electron chi connectivity index (χ0n) is 17.1. The summed E-state index contributed by atoms with van der Waals surface area (Å²) in [6.45, 7) is -2.17. The Bertz CT molecular complexity index is 987. The second-order valence-electron chi connectivity index (χ2n) is 6.40. The van der Waals surface area contributed by atoms with E-state index in [2.05, 4.69) is 30.7 Å². The van der Waals surface area contributed by atoms with Gasteiger partial charge in [0.2, 0.25) is 11.8 Å². The van der Waals surface area contributed by atoms with Crippen molar-refractivity contribution in [3.8, 4) is 18.2 Å². The summed E-state index contributed by atoms with van der Waals surface area (Å²) >= 11 is 0. The average molecular weight is 476 g/mol. The molecule has 0 unspecified atom stereocenters. The van der Waals surface area contributed by atoms with Gasteiger partial charge < -0.3 is 9.47 Å². The van der Waals surface area contributed by atoms with Gasteiger partial charge in [-0.15, -0.1) is 6.42 Å². The summed E-state index contributed by atoms with van der Waals surface area (Å²) in [7, 11) is 0. The first-order valence-corrected chi connectivity index (χ1v) is 9.27. The van der Waals surface area contributed by atoms with Crippen LogP contribution in [0.2, 0.25) is 0 Å². The molecule has 0 saturated carbocycles. The molecule has 0 atom stereocenters. The van der Waals surface area contributed by atoms with E-state index in [4.69, 9.17) is 6.42 Å². The van der Waals surface area contributed by atoms with Gasteiger partial charge in [-0.25, -0.2) is 9.78 Å². The van der Waals surface area contributed by atoms with Crippen LogP contribution in [0, 0.1) is 12.3 Å². The van der Waals surface area contributed by atoms with Crippen molar-refractivity contribution >= 4 is 17.7 Å². The molecule has 0 saturated heterocycles. The van der Waals surface area contributed by atoms with E-state index in [1.165, 1.54) is 4.90 Å². The summed E-state index contributed by atoms with van der Waals surface area (Å²) in [5.41, 5.74) is 0.798. The number of urea groups is 1. The molecule has 1 aromatic carbocycles. The van der Waals surface area contributed by atoms with Gasteiger partial charge in [0.1, 0.15) is 6.61 Å². The van der Waals surface area contributed by atoms with Crippen LogP contribution in [0.1, 0.15) is 18.2 Å². The summed E-state index contributed by atoms with van der Waals surface area (Å²) in [5, 5.41) is 2.29. The van der Waals surface area contributed by atoms with Gasteiger partial charge in [0.05, 0.1) is 12.3 Å². The number of terminal acetylenes is 1. The molecule has 2 amide bonds. The van der Waals surface area contributed by atoms with Crippen molar-refractivity contribution < 1.29 is 40.6 Å². The summed E-state index contributed by atoms with van der Waals surface area (Å²) in [6, 6.07) is 6.50. The molecule has 1 aromatic heterocycles. The first-order valence-electron chi connectivity index (χ1n) is 9.27. The van der Waals surface area contributed by atoms with E-state index >= 15 is 0 Å². The van der Waals surface area contributed by atoms with Crippen molar-refractivity contribution in [1.82, 2.24) is 9.97 Å². The normalized spacial score (nSPS) is 11.6. The van der Waals surface area contributed by atoms with Crippen LogP contribution in [-0.4, -0.2) is 48.1 Å².